The normalized spacial score (nSPS) is 13.6. The monoisotopic (exact) mass is 467 g/mol. The van der Waals surface area contributed by atoms with Crippen LogP contribution in [0.2, 0.25) is 5.02 Å². The lowest BCUT2D eigenvalue weighted by molar-refractivity contribution is 0.0745. The molecule has 0 aliphatic heterocycles. The summed E-state index contributed by atoms with van der Waals surface area (Å²) in [4.78, 5) is 24.2. The van der Waals surface area contributed by atoms with Gasteiger partial charge in [-0.25, -0.2) is 9.37 Å². The lowest BCUT2D eigenvalue weighted by Gasteiger charge is -2.22. The van der Waals surface area contributed by atoms with Crippen LogP contribution in [0.1, 0.15) is 33.9 Å². The van der Waals surface area contributed by atoms with Gasteiger partial charge in [0.1, 0.15) is 11.5 Å². The summed E-state index contributed by atoms with van der Waals surface area (Å²) in [5.41, 5.74) is 3.37. The van der Waals surface area contributed by atoms with Crippen LogP contribution in [0, 0.1) is 18.7 Å². The van der Waals surface area contributed by atoms with E-state index in [2.05, 4.69) is 9.97 Å². The molecule has 1 amide bonds. The molecule has 0 saturated heterocycles. The van der Waals surface area contributed by atoms with Crippen LogP contribution in [-0.2, 0) is 6.42 Å². The van der Waals surface area contributed by atoms with E-state index in [9.17, 15) is 9.18 Å². The summed E-state index contributed by atoms with van der Waals surface area (Å²) in [5, 5.41) is 2.39. The van der Waals surface area contributed by atoms with Gasteiger partial charge in [-0.05, 0) is 73.6 Å². The Balaban J connectivity index is 1.41. The highest BCUT2D eigenvalue weighted by atomic mass is 35.5. The second kappa shape index (κ2) is 8.68. The van der Waals surface area contributed by atoms with Gasteiger partial charge in [-0.3, -0.25) is 4.79 Å². The molecule has 1 aliphatic rings. The number of aromatic amines is 1. The molecule has 0 spiro atoms. The van der Waals surface area contributed by atoms with E-state index in [1.807, 2.05) is 42.3 Å². The third kappa shape index (κ3) is 4.43. The lowest BCUT2D eigenvalue weighted by Crippen LogP contribution is -2.35. The number of rotatable bonds is 7. The summed E-state index contributed by atoms with van der Waals surface area (Å²) in [7, 11) is 0. The van der Waals surface area contributed by atoms with Gasteiger partial charge in [-0.1, -0.05) is 23.7 Å². The fourth-order valence-electron chi connectivity index (χ4n) is 4.02. The van der Waals surface area contributed by atoms with Gasteiger partial charge in [-0.2, -0.15) is 0 Å². The van der Waals surface area contributed by atoms with Gasteiger partial charge in [0.2, 0.25) is 0 Å². The van der Waals surface area contributed by atoms with Crippen LogP contribution in [0.25, 0.3) is 21.3 Å². The molecule has 0 radical (unpaired) electrons. The number of nitrogens with one attached hydrogen (secondary N) is 1. The van der Waals surface area contributed by atoms with Crippen molar-refractivity contribution in [2.45, 2.75) is 26.2 Å². The highest BCUT2D eigenvalue weighted by Gasteiger charge is 2.30. The molecule has 2 aromatic heterocycles. The Labute approximate surface area is 195 Å². The number of halogens is 2. The summed E-state index contributed by atoms with van der Waals surface area (Å²) in [5.74, 6) is 0.255. The average molecular weight is 468 g/mol. The Kier molecular flexibility index (Phi) is 5.74. The van der Waals surface area contributed by atoms with E-state index in [0.717, 1.165) is 51.3 Å². The van der Waals surface area contributed by atoms with Crippen molar-refractivity contribution >= 4 is 39.7 Å². The summed E-state index contributed by atoms with van der Waals surface area (Å²) >= 11 is 7.57. The first kappa shape index (κ1) is 21.2. The molecule has 0 bridgehead atoms. The number of benzene rings is 2. The standard InChI is InChI=1S/C25H23ClFN3OS/c1-15-29-23(24(32-15)17-4-6-19(26)7-5-17)25(31)30(14-16-2-3-16)11-10-18-13-28-22-9-8-20(27)12-21(18)22/h4-9,12-13,16,28H,2-3,10-11,14H2,1H3. The van der Waals surface area contributed by atoms with Crippen LogP contribution in [0.5, 0.6) is 0 Å². The molecule has 1 fully saturated rings. The largest absolute Gasteiger partial charge is 0.361 e. The van der Waals surface area contributed by atoms with E-state index < -0.39 is 0 Å². The van der Waals surface area contributed by atoms with Crippen LogP contribution in [0.15, 0.2) is 48.7 Å². The maximum atomic E-state index is 13.8. The van der Waals surface area contributed by atoms with Gasteiger partial charge >= 0.3 is 0 Å². The van der Waals surface area contributed by atoms with Crippen LogP contribution in [0.4, 0.5) is 4.39 Å². The Morgan fingerprint density at radius 1 is 1.25 bits per heavy atom. The predicted octanol–water partition coefficient (Wildman–Crippen LogP) is 6.49. The zero-order valence-corrected chi connectivity index (χ0v) is 19.3. The van der Waals surface area contributed by atoms with Gasteiger partial charge in [0, 0.05) is 35.2 Å². The van der Waals surface area contributed by atoms with Crippen molar-refractivity contribution in [2.75, 3.05) is 13.1 Å². The molecule has 2 heterocycles. The zero-order valence-electron chi connectivity index (χ0n) is 17.7. The number of fused-ring (bicyclic) bond motifs is 1. The SMILES string of the molecule is Cc1nc(C(=O)N(CCc2c[nH]c3ccc(F)cc23)CC2CC2)c(-c2ccc(Cl)cc2)s1. The van der Waals surface area contributed by atoms with Crippen molar-refractivity contribution in [1.29, 1.82) is 0 Å². The molecule has 4 nitrogen and oxygen atoms in total. The highest BCUT2D eigenvalue weighted by Crippen LogP contribution is 2.34. The number of nitrogens with zero attached hydrogens (tertiary/aromatic N) is 2. The molecule has 164 valence electrons. The van der Waals surface area contributed by atoms with Gasteiger partial charge in [0.25, 0.3) is 5.91 Å². The summed E-state index contributed by atoms with van der Waals surface area (Å²) < 4.78 is 13.8. The van der Waals surface area contributed by atoms with E-state index in [1.165, 1.54) is 17.4 Å². The van der Waals surface area contributed by atoms with Crippen molar-refractivity contribution in [3.05, 3.63) is 75.8 Å². The minimum atomic E-state index is -0.255. The van der Waals surface area contributed by atoms with Crippen LogP contribution < -0.4 is 0 Å². The van der Waals surface area contributed by atoms with Crippen molar-refractivity contribution in [3.63, 3.8) is 0 Å². The molecule has 1 aliphatic carbocycles. The first-order chi connectivity index (χ1) is 15.5. The molecule has 5 rings (SSSR count). The molecular formula is C25H23ClFN3OS. The fourth-order valence-corrected chi connectivity index (χ4v) is 5.06. The Morgan fingerprint density at radius 3 is 2.78 bits per heavy atom. The average Bonchev–Trinajstić information content (AvgIpc) is 3.39. The van der Waals surface area contributed by atoms with Crippen molar-refractivity contribution < 1.29 is 9.18 Å². The van der Waals surface area contributed by atoms with Gasteiger partial charge in [0.05, 0.1) is 9.88 Å². The molecule has 7 heteroatoms. The molecule has 1 saturated carbocycles. The molecule has 4 aromatic rings. The maximum absolute atomic E-state index is 13.8. The molecular weight excluding hydrogens is 445 g/mol. The molecule has 0 unspecified atom stereocenters. The molecule has 0 atom stereocenters. The Morgan fingerprint density at radius 2 is 2.03 bits per heavy atom. The van der Waals surface area contributed by atoms with Crippen LogP contribution in [0.3, 0.4) is 0 Å². The number of H-pyrrole nitrogens is 1. The van der Waals surface area contributed by atoms with Crippen molar-refractivity contribution in [1.82, 2.24) is 14.9 Å². The minimum absolute atomic E-state index is 0.0442. The smallest absolute Gasteiger partial charge is 0.274 e. The van der Waals surface area contributed by atoms with Gasteiger partial charge in [0.15, 0.2) is 0 Å². The summed E-state index contributed by atoms with van der Waals surface area (Å²) in [6.07, 6.45) is 4.88. The van der Waals surface area contributed by atoms with Crippen LogP contribution in [-0.4, -0.2) is 33.9 Å². The number of aryl methyl sites for hydroxylation is 1. The number of carbonyl (C=O) groups is 1. The number of carbonyl (C=O) groups excluding carboxylic acids is 1. The zero-order chi connectivity index (χ0) is 22.2. The number of hydrogen-bond donors (Lipinski definition) is 1. The highest BCUT2D eigenvalue weighted by molar-refractivity contribution is 7.15. The van der Waals surface area contributed by atoms with E-state index in [4.69, 9.17) is 11.6 Å². The van der Waals surface area contributed by atoms with Crippen molar-refractivity contribution in [3.8, 4) is 10.4 Å². The molecule has 32 heavy (non-hydrogen) atoms. The molecule has 1 N–H and O–H groups in total. The fraction of sp³-hybridized carbons (Fsp3) is 0.280. The Bertz CT molecular complexity index is 1280. The van der Waals surface area contributed by atoms with Gasteiger partial charge < -0.3 is 9.88 Å². The number of thiazole rings is 1. The Hall–Kier alpha value is -2.70. The maximum Gasteiger partial charge on any atom is 0.274 e. The van der Waals surface area contributed by atoms with E-state index >= 15 is 0 Å². The van der Waals surface area contributed by atoms with E-state index in [-0.39, 0.29) is 11.7 Å². The third-order valence-electron chi connectivity index (χ3n) is 5.89. The summed E-state index contributed by atoms with van der Waals surface area (Å²) in [6.45, 7) is 3.22. The number of amides is 1. The van der Waals surface area contributed by atoms with Crippen LogP contribution >= 0.6 is 22.9 Å². The quantitative estimate of drug-likeness (QED) is 0.338. The third-order valence-corrected chi connectivity index (χ3v) is 7.16. The number of aromatic nitrogens is 2. The van der Waals surface area contributed by atoms with Gasteiger partial charge in [-0.15, -0.1) is 11.3 Å². The predicted molar refractivity (Wildman–Crippen MR) is 128 cm³/mol. The first-order valence-electron chi connectivity index (χ1n) is 10.8. The lowest BCUT2D eigenvalue weighted by atomic mass is 10.1. The number of hydrogen-bond acceptors (Lipinski definition) is 3. The summed E-state index contributed by atoms with van der Waals surface area (Å²) in [6, 6.07) is 12.3. The first-order valence-corrected chi connectivity index (χ1v) is 12.0. The second-order valence-electron chi connectivity index (χ2n) is 8.37. The topological polar surface area (TPSA) is 49.0 Å². The minimum Gasteiger partial charge on any atom is -0.361 e. The second-order valence-corrected chi connectivity index (χ2v) is 10.0. The van der Waals surface area contributed by atoms with E-state index in [0.29, 0.717) is 29.6 Å². The van der Waals surface area contributed by atoms with E-state index in [1.54, 1.807) is 12.1 Å². The molecule has 2 aromatic carbocycles. The van der Waals surface area contributed by atoms with Crippen molar-refractivity contribution in [2.24, 2.45) is 5.92 Å².